The van der Waals surface area contributed by atoms with E-state index >= 15 is 0 Å². The van der Waals surface area contributed by atoms with Crippen LogP contribution in [0.1, 0.15) is 50.7 Å². The Labute approximate surface area is 124 Å². The third kappa shape index (κ3) is 2.88. The SMILES string of the molecule is C=C1CCC(c2cc(F)c(C(C)(C)C)cc2Cl)C(=O)N1. The van der Waals surface area contributed by atoms with Crippen LogP contribution < -0.4 is 5.32 Å². The molecule has 0 aromatic heterocycles. The number of halogens is 2. The highest BCUT2D eigenvalue weighted by atomic mass is 35.5. The monoisotopic (exact) mass is 295 g/mol. The number of piperidine rings is 1. The molecule has 1 aliphatic heterocycles. The van der Waals surface area contributed by atoms with Crippen LogP contribution in [0.3, 0.4) is 0 Å². The number of rotatable bonds is 1. The Kier molecular flexibility index (Phi) is 3.92. The molecular formula is C16H19ClFNO. The van der Waals surface area contributed by atoms with Gasteiger partial charge in [0.25, 0.3) is 0 Å². The molecule has 1 unspecified atom stereocenters. The fraction of sp³-hybridized carbons (Fsp3) is 0.438. The molecule has 1 aliphatic rings. The van der Waals surface area contributed by atoms with Crippen LogP contribution in [0.4, 0.5) is 4.39 Å². The van der Waals surface area contributed by atoms with Gasteiger partial charge in [-0.15, -0.1) is 0 Å². The van der Waals surface area contributed by atoms with Crippen molar-refractivity contribution in [2.45, 2.75) is 44.9 Å². The highest BCUT2D eigenvalue weighted by molar-refractivity contribution is 6.31. The Balaban J connectivity index is 2.42. The van der Waals surface area contributed by atoms with Gasteiger partial charge in [0, 0.05) is 10.7 Å². The number of allylic oxidation sites excluding steroid dienone is 1. The summed E-state index contributed by atoms with van der Waals surface area (Å²) in [5, 5.41) is 3.15. The number of amides is 1. The zero-order chi connectivity index (χ0) is 15.1. The number of hydrogen-bond acceptors (Lipinski definition) is 1. The van der Waals surface area contributed by atoms with Gasteiger partial charge < -0.3 is 5.32 Å². The second-order valence-corrected chi connectivity index (χ2v) is 6.69. The molecule has 1 saturated heterocycles. The van der Waals surface area contributed by atoms with E-state index in [1.807, 2.05) is 20.8 Å². The molecule has 0 radical (unpaired) electrons. The number of nitrogens with one attached hydrogen (secondary N) is 1. The van der Waals surface area contributed by atoms with E-state index in [1.165, 1.54) is 6.07 Å². The predicted molar refractivity (Wildman–Crippen MR) is 79.4 cm³/mol. The molecule has 0 saturated carbocycles. The molecule has 2 nitrogen and oxygen atoms in total. The third-order valence-corrected chi connectivity index (χ3v) is 3.95. The van der Waals surface area contributed by atoms with Crippen molar-refractivity contribution >= 4 is 17.5 Å². The minimum Gasteiger partial charge on any atom is -0.330 e. The normalized spacial score (nSPS) is 19.9. The van der Waals surface area contributed by atoms with Crippen molar-refractivity contribution in [3.8, 4) is 0 Å². The smallest absolute Gasteiger partial charge is 0.231 e. The summed E-state index contributed by atoms with van der Waals surface area (Å²) in [7, 11) is 0. The van der Waals surface area contributed by atoms with Gasteiger partial charge in [-0.3, -0.25) is 4.79 Å². The van der Waals surface area contributed by atoms with Gasteiger partial charge in [-0.05, 0) is 41.5 Å². The molecule has 0 bridgehead atoms. The van der Waals surface area contributed by atoms with E-state index in [4.69, 9.17) is 11.6 Å². The van der Waals surface area contributed by atoms with Crippen molar-refractivity contribution in [2.24, 2.45) is 0 Å². The lowest BCUT2D eigenvalue weighted by molar-refractivity contribution is -0.122. The van der Waals surface area contributed by atoms with Crippen molar-refractivity contribution in [3.63, 3.8) is 0 Å². The van der Waals surface area contributed by atoms with Crippen molar-refractivity contribution in [1.29, 1.82) is 0 Å². The second kappa shape index (κ2) is 5.21. The molecule has 2 rings (SSSR count). The molecule has 20 heavy (non-hydrogen) atoms. The number of carbonyl (C=O) groups excluding carboxylic acids is 1. The first-order valence-electron chi connectivity index (χ1n) is 6.68. The molecule has 1 N–H and O–H groups in total. The van der Waals surface area contributed by atoms with E-state index in [9.17, 15) is 9.18 Å². The first kappa shape index (κ1) is 15.0. The first-order chi connectivity index (χ1) is 9.20. The zero-order valence-corrected chi connectivity index (χ0v) is 12.8. The lowest BCUT2D eigenvalue weighted by atomic mass is 9.83. The summed E-state index contributed by atoms with van der Waals surface area (Å²) in [6.45, 7) is 9.53. The Morgan fingerprint density at radius 2 is 2.05 bits per heavy atom. The molecule has 4 heteroatoms. The van der Waals surface area contributed by atoms with Gasteiger partial charge in [-0.25, -0.2) is 4.39 Å². The molecule has 1 amide bonds. The summed E-state index contributed by atoms with van der Waals surface area (Å²) in [6, 6.07) is 3.05. The first-order valence-corrected chi connectivity index (χ1v) is 7.06. The van der Waals surface area contributed by atoms with E-state index in [-0.39, 0.29) is 17.1 Å². The Hall–Kier alpha value is -1.35. The van der Waals surface area contributed by atoms with Gasteiger partial charge in [-0.1, -0.05) is 39.0 Å². The average molecular weight is 296 g/mol. The molecule has 108 valence electrons. The summed E-state index contributed by atoms with van der Waals surface area (Å²) in [6.07, 6.45) is 1.30. The molecule has 1 aromatic carbocycles. The highest BCUT2D eigenvalue weighted by Crippen LogP contribution is 2.36. The standard InChI is InChI=1S/C16H19ClFNO/c1-9-5-6-10(15(20)19-9)11-7-14(18)12(8-13(11)17)16(2,3)4/h7-8,10H,1,5-6H2,2-4H3,(H,19,20). The molecular weight excluding hydrogens is 277 g/mol. The molecule has 1 atom stereocenters. The van der Waals surface area contributed by atoms with Gasteiger partial charge in [0.1, 0.15) is 5.82 Å². The third-order valence-electron chi connectivity index (χ3n) is 3.62. The van der Waals surface area contributed by atoms with E-state index in [2.05, 4.69) is 11.9 Å². The topological polar surface area (TPSA) is 29.1 Å². The van der Waals surface area contributed by atoms with Gasteiger partial charge in [0.05, 0.1) is 5.92 Å². The Morgan fingerprint density at radius 3 is 2.60 bits per heavy atom. The summed E-state index contributed by atoms with van der Waals surface area (Å²) in [4.78, 5) is 12.0. The fourth-order valence-corrected chi connectivity index (χ4v) is 2.77. The largest absolute Gasteiger partial charge is 0.330 e. The second-order valence-electron chi connectivity index (χ2n) is 6.29. The number of hydrogen-bond donors (Lipinski definition) is 1. The lowest BCUT2D eigenvalue weighted by Gasteiger charge is -2.26. The maximum absolute atomic E-state index is 14.3. The molecule has 0 aliphatic carbocycles. The summed E-state index contributed by atoms with van der Waals surface area (Å²) in [5.74, 6) is -0.878. The molecule has 1 fully saturated rings. The maximum Gasteiger partial charge on any atom is 0.231 e. The van der Waals surface area contributed by atoms with Crippen LogP contribution in [0.2, 0.25) is 5.02 Å². The van der Waals surface area contributed by atoms with E-state index in [0.717, 1.165) is 0 Å². The number of benzene rings is 1. The summed E-state index contributed by atoms with van der Waals surface area (Å²) >= 11 is 6.27. The zero-order valence-electron chi connectivity index (χ0n) is 12.0. The van der Waals surface area contributed by atoms with Crippen molar-refractivity contribution in [2.75, 3.05) is 0 Å². The van der Waals surface area contributed by atoms with E-state index < -0.39 is 5.92 Å². The van der Waals surface area contributed by atoms with Gasteiger partial charge in [0.2, 0.25) is 5.91 Å². The van der Waals surface area contributed by atoms with Crippen LogP contribution >= 0.6 is 11.6 Å². The average Bonchev–Trinajstić information content (AvgIpc) is 2.31. The highest BCUT2D eigenvalue weighted by Gasteiger charge is 2.29. The van der Waals surface area contributed by atoms with Crippen LogP contribution in [-0.4, -0.2) is 5.91 Å². The van der Waals surface area contributed by atoms with E-state index in [0.29, 0.717) is 34.7 Å². The Bertz CT molecular complexity index is 575. The molecule has 1 aromatic rings. The lowest BCUT2D eigenvalue weighted by Crippen LogP contribution is -2.33. The van der Waals surface area contributed by atoms with Gasteiger partial charge in [-0.2, -0.15) is 0 Å². The van der Waals surface area contributed by atoms with Crippen LogP contribution in [-0.2, 0) is 10.2 Å². The summed E-state index contributed by atoms with van der Waals surface area (Å²) < 4.78 is 14.3. The summed E-state index contributed by atoms with van der Waals surface area (Å²) in [5.41, 5.74) is 1.50. The molecule has 1 heterocycles. The number of carbonyl (C=O) groups is 1. The maximum atomic E-state index is 14.3. The minimum atomic E-state index is -0.406. The fourth-order valence-electron chi connectivity index (χ4n) is 2.47. The van der Waals surface area contributed by atoms with Crippen LogP contribution in [0.5, 0.6) is 0 Å². The predicted octanol–water partition coefficient (Wildman–Crippen LogP) is 4.28. The minimum absolute atomic E-state index is 0.161. The Morgan fingerprint density at radius 1 is 1.40 bits per heavy atom. The van der Waals surface area contributed by atoms with E-state index in [1.54, 1.807) is 6.07 Å². The van der Waals surface area contributed by atoms with Crippen LogP contribution in [0.15, 0.2) is 24.4 Å². The van der Waals surface area contributed by atoms with Gasteiger partial charge in [0.15, 0.2) is 0 Å². The van der Waals surface area contributed by atoms with Crippen molar-refractivity contribution in [3.05, 3.63) is 46.4 Å². The van der Waals surface area contributed by atoms with Crippen LogP contribution in [0, 0.1) is 5.82 Å². The van der Waals surface area contributed by atoms with Crippen LogP contribution in [0.25, 0.3) is 0 Å². The van der Waals surface area contributed by atoms with Crippen molar-refractivity contribution in [1.82, 2.24) is 5.32 Å². The van der Waals surface area contributed by atoms with Gasteiger partial charge >= 0.3 is 0 Å². The quantitative estimate of drug-likeness (QED) is 0.823. The van der Waals surface area contributed by atoms with Crippen molar-refractivity contribution < 1.29 is 9.18 Å². The molecule has 0 spiro atoms.